The monoisotopic (exact) mass is 407 g/mol. The molecule has 1 aliphatic rings. The molecule has 3 aromatic rings. The van der Waals surface area contributed by atoms with Crippen molar-refractivity contribution < 1.29 is 9.18 Å². The van der Waals surface area contributed by atoms with Crippen LogP contribution in [0.2, 0.25) is 0 Å². The van der Waals surface area contributed by atoms with Crippen molar-refractivity contribution in [1.82, 2.24) is 14.4 Å². The van der Waals surface area contributed by atoms with E-state index in [1.54, 1.807) is 19.0 Å². The maximum atomic E-state index is 14.6. The summed E-state index contributed by atoms with van der Waals surface area (Å²) < 4.78 is 17.0. The number of hydrogen-bond acceptors (Lipinski definition) is 2. The predicted molar refractivity (Wildman–Crippen MR) is 119 cm³/mol. The van der Waals surface area contributed by atoms with Crippen LogP contribution in [0.4, 0.5) is 4.39 Å². The SMILES string of the molecule is CN(C)C(=O)Cc1ccc2ccn(C3CCN(CC(F)c4ccccc4)CC3)c2c1. The third-order valence-corrected chi connectivity index (χ3v) is 6.17. The van der Waals surface area contributed by atoms with Gasteiger partial charge in [0.05, 0.1) is 6.42 Å². The van der Waals surface area contributed by atoms with E-state index in [1.807, 2.05) is 36.4 Å². The summed E-state index contributed by atoms with van der Waals surface area (Å²) in [4.78, 5) is 16.0. The molecule has 2 aromatic carbocycles. The summed E-state index contributed by atoms with van der Waals surface area (Å²) in [7, 11) is 3.58. The Balaban J connectivity index is 1.41. The van der Waals surface area contributed by atoms with Gasteiger partial charge in [-0.25, -0.2) is 4.39 Å². The van der Waals surface area contributed by atoms with E-state index in [0.29, 0.717) is 19.0 Å². The predicted octanol–water partition coefficient (Wildman–Crippen LogP) is 4.62. The average Bonchev–Trinajstić information content (AvgIpc) is 3.18. The van der Waals surface area contributed by atoms with Gasteiger partial charge in [-0.1, -0.05) is 42.5 Å². The van der Waals surface area contributed by atoms with E-state index in [4.69, 9.17) is 0 Å². The molecule has 2 heterocycles. The Morgan fingerprint density at radius 3 is 2.53 bits per heavy atom. The van der Waals surface area contributed by atoms with Gasteiger partial charge in [-0.2, -0.15) is 0 Å². The van der Waals surface area contributed by atoms with Crippen LogP contribution >= 0.6 is 0 Å². The minimum atomic E-state index is -0.938. The lowest BCUT2D eigenvalue weighted by Gasteiger charge is -2.34. The zero-order chi connectivity index (χ0) is 21.1. The Kier molecular flexibility index (Phi) is 6.18. The van der Waals surface area contributed by atoms with E-state index < -0.39 is 6.17 Å². The zero-order valence-electron chi connectivity index (χ0n) is 17.8. The first-order valence-electron chi connectivity index (χ1n) is 10.7. The van der Waals surface area contributed by atoms with Gasteiger partial charge in [-0.3, -0.25) is 9.69 Å². The van der Waals surface area contributed by atoms with E-state index in [1.165, 1.54) is 10.9 Å². The van der Waals surface area contributed by atoms with E-state index in [-0.39, 0.29) is 5.91 Å². The number of benzene rings is 2. The lowest BCUT2D eigenvalue weighted by atomic mass is 10.0. The quantitative estimate of drug-likeness (QED) is 0.597. The summed E-state index contributed by atoms with van der Waals surface area (Å²) >= 11 is 0. The topological polar surface area (TPSA) is 28.5 Å². The largest absolute Gasteiger partial charge is 0.349 e. The fraction of sp³-hybridized carbons (Fsp3) is 0.400. The number of piperidine rings is 1. The third kappa shape index (κ3) is 4.57. The molecule has 0 aliphatic carbocycles. The van der Waals surface area contributed by atoms with Crippen LogP contribution in [0.15, 0.2) is 60.8 Å². The molecule has 1 aromatic heterocycles. The van der Waals surface area contributed by atoms with Gasteiger partial charge >= 0.3 is 0 Å². The molecule has 1 aliphatic heterocycles. The first kappa shape index (κ1) is 20.6. The summed E-state index contributed by atoms with van der Waals surface area (Å²) in [5.41, 5.74) is 2.99. The van der Waals surface area contributed by atoms with Gasteiger partial charge in [0.15, 0.2) is 0 Å². The molecule has 0 N–H and O–H groups in total. The minimum absolute atomic E-state index is 0.111. The molecule has 1 amide bonds. The van der Waals surface area contributed by atoms with Gasteiger partial charge < -0.3 is 9.47 Å². The number of amides is 1. The molecular formula is C25H30FN3O. The van der Waals surface area contributed by atoms with Gasteiger partial charge in [0.1, 0.15) is 6.17 Å². The number of carbonyl (C=O) groups is 1. The van der Waals surface area contributed by atoms with Crippen LogP contribution in [0.3, 0.4) is 0 Å². The van der Waals surface area contributed by atoms with Crippen molar-refractivity contribution in [3.8, 4) is 0 Å². The van der Waals surface area contributed by atoms with Crippen LogP contribution in [0.25, 0.3) is 10.9 Å². The highest BCUT2D eigenvalue weighted by Gasteiger charge is 2.24. The normalized spacial score (nSPS) is 16.6. The molecule has 1 fully saturated rings. The zero-order valence-corrected chi connectivity index (χ0v) is 17.8. The minimum Gasteiger partial charge on any atom is -0.349 e. The first-order valence-corrected chi connectivity index (χ1v) is 10.7. The standard InChI is InChI=1S/C25H30FN3O/c1-27(2)25(30)17-19-8-9-21-10-15-29(24(21)16-19)22-11-13-28(14-12-22)18-23(26)20-6-4-3-5-7-20/h3-10,15-16,22-23H,11-14,17-18H2,1-2H3. The molecular weight excluding hydrogens is 377 g/mol. The smallest absolute Gasteiger partial charge is 0.226 e. The number of nitrogens with zero attached hydrogens (tertiary/aromatic N) is 3. The van der Waals surface area contributed by atoms with Gasteiger partial charge in [0.25, 0.3) is 0 Å². The van der Waals surface area contributed by atoms with Crippen molar-refractivity contribution in [2.75, 3.05) is 33.7 Å². The van der Waals surface area contributed by atoms with Gasteiger partial charge in [-0.15, -0.1) is 0 Å². The summed E-state index contributed by atoms with van der Waals surface area (Å²) in [5, 5.41) is 1.20. The highest BCUT2D eigenvalue weighted by atomic mass is 19.1. The van der Waals surface area contributed by atoms with Crippen molar-refractivity contribution in [2.45, 2.75) is 31.5 Å². The maximum Gasteiger partial charge on any atom is 0.226 e. The molecule has 4 rings (SSSR count). The van der Waals surface area contributed by atoms with Gasteiger partial charge in [-0.05, 0) is 41.5 Å². The second-order valence-corrected chi connectivity index (χ2v) is 8.49. The Bertz CT molecular complexity index is 990. The number of likely N-dealkylation sites (tertiary alicyclic amines) is 1. The van der Waals surface area contributed by atoms with Crippen LogP contribution in [0, 0.1) is 0 Å². The first-order chi connectivity index (χ1) is 14.5. The summed E-state index contributed by atoms with van der Waals surface area (Å²) in [6, 6.07) is 18.3. The van der Waals surface area contributed by atoms with Gasteiger partial charge in [0.2, 0.25) is 5.91 Å². The molecule has 4 nitrogen and oxygen atoms in total. The average molecular weight is 408 g/mol. The van der Waals surface area contributed by atoms with E-state index in [2.05, 4.69) is 33.9 Å². The van der Waals surface area contributed by atoms with E-state index in [0.717, 1.165) is 37.1 Å². The number of rotatable bonds is 6. The number of alkyl halides is 1. The molecule has 1 unspecified atom stereocenters. The fourth-order valence-electron chi connectivity index (χ4n) is 4.33. The number of hydrogen-bond donors (Lipinski definition) is 0. The fourth-order valence-corrected chi connectivity index (χ4v) is 4.33. The molecule has 158 valence electrons. The number of likely N-dealkylation sites (N-methyl/N-ethyl adjacent to an activating group) is 1. The Morgan fingerprint density at radius 1 is 1.10 bits per heavy atom. The summed E-state index contributed by atoms with van der Waals surface area (Å²) in [6.45, 7) is 2.26. The molecule has 0 spiro atoms. The van der Waals surface area contributed by atoms with Crippen LogP contribution in [0.1, 0.15) is 36.2 Å². The highest BCUT2D eigenvalue weighted by Crippen LogP contribution is 2.30. The highest BCUT2D eigenvalue weighted by molar-refractivity contribution is 5.84. The maximum absolute atomic E-state index is 14.6. The molecule has 0 saturated carbocycles. The lowest BCUT2D eigenvalue weighted by Crippen LogP contribution is -2.36. The van der Waals surface area contributed by atoms with Crippen LogP contribution in [-0.4, -0.2) is 54.0 Å². The molecule has 0 bridgehead atoms. The van der Waals surface area contributed by atoms with E-state index in [9.17, 15) is 9.18 Å². The molecule has 0 radical (unpaired) electrons. The van der Waals surface area contributed by atoms with Crippen molar-refractivity contribution in [2.24, 2.45) is 0 Å². The number of carbonyl (C=O) groups excluding carboxylic acids is 1. The molecule has 1 atom stereocenters. The van der Waals surface area contributed by atoms with Crippen molar-refractivity contribution >= 4 is 16.8 Å². The summed E-state index contributed by atoms with van der Waals surface area (Å²) in [5.74, 6) is 0.111. The van der Waals surface area contributed by atoms with Crippen LogP contribution in [0.5, 0.6) is 0 Å². The number of aromatic nitrogens is 1. The number of halogens is 1. The molecule has 5 heteroatoms. The molecule has 1 saturated heterocycles. The van der Waals surface area contributed by atoms with Crippen molar-refractivity contribution in [3.05, 3.63) is 71.9 Å². The number of fused-ring (bicyclic) bond motifs is 1. The van der Waals surface area contributed by atoms with Crippen molar-refractivity contribution in [3.63, 3.8) is 0 Å². The summed E-state index contributed by atoms with van der Waals surface area (Å²) in [6.07, 6.45) is 3.65. The Hall–Kier alpha value is -2.66. The second-order valence-electron chi connectivity index (χ2n) is 8.49. The Labute approximate surface area is 177 Å². The van der Waals surface area contributed by atoms with Crippen molar-refractivity contribution in [1.29, 1.82) is 0 Å². The molecule has 30 heavy (non-hydrogen) atoms. The Morgan fingerprint density at radius 2 is 1.83 bits per heavy atom. The second kappa shape index (κ2) is 9.00. The van der Waals surface area contributed by atoms with Gasteiger partial charge in [0, 0.05) is 51.5 Å². The lowest BCUT2D eigenvalue weighted by molar-refractivity contribution is -0.127. The third-order valence-electron chi connectivity index (χ3n) is 6.17. The van der Waals surface area contributed by atoms with Crippen LogP contribution in [-0.2, 0) is 11.2 Å². The van der Waals surface area contributed by atoms with E-state index >= 15 is 0 Å². The van der Waals surface area contributed by atoms with Crippen LogP contribution < -0.4 is 0 Å².